The second-order valence-corrected chi connectivity index (χ2v) is 4.41. The molecule has 1 aliphatic rings. The zero-order valence-corrected chi connectivity index (χ0v) is 9.05. The van der Waals surface area contributed by atoms with Gasteiger partial charge in [0, 0.05) is 6.42 Å². The number of carboxylic acid groups (broad SMARTS) is 1. The molecule has 1 saturated carbocycles. The first-order valence-electron chi connectivity index (χ1n) is 5.00. The molecule has 0 aliphatic heterocycles. The van der Waals surface area contributed by atoms with Gasteiger partial charge in [-0.2, -0.15) is 0 Å². The first kappa shape index (κ1) is 11.0. The quantitative estimate of drug-likeness (QED) is 0.841. The molecule has 1 aromatic rings. The zero-order chi connectivity index (χ0) is 12.1. The molecule has 86 valence electrons. The first-order chi connectivity index (χ1) is 7.31. The van der Waals surface area contributed by atoms with Crippen LogP contribution < -0.4 is 0 Å². The lowest BCUT2D eigenvalue weighted by molar-refractivity contribution is -0.143. The molecule has 0 radical (unpaired) electrons. The summed E-state index contributed by atoms with van der Waals surface area (Å²) in [7, 11) is 0. The van der Waals surface area contributed by atoms with Crippen molar-refractivity contribution < 1.29 is 18.7 Å². The highest BCUT2D eigenvalue weighted by molar-refractivity contribution is 5.88. The molecule has 0 saturated heterocycles. The number of hydrogen-bond acceptors (Lipinski definition) is 1. The minimum Gasteiger partial charge on any atom is -0.480 e. The maximum atomic E-state index is 13.3. The van der Waals surface area contributed by atoms with Crippen LogP contribution in [0.2, 0.25) is 0 Å². The summed E-state index contributed by atoms with van der Waals surface area (Å²) < 4.78 is 26.6. The monoisotopic (exact) mass is 226 g/mol. The number of benzene rings is 1. The molecule has 1 unspecified atom stereocenters. The van der Waals surface area contributed by atoms with Gasteiger partial charge in [0.25, 0.3) is 5.92 Å². The number of aliphatic carboxylic acids is 1. The summed E-state index contributed by atoms with van der Waals surface area (Å²) in [6.07, 6.45) is -0.598. The second kappa shape index (κ2) is 3.03. The van der Waals surface area contributed by atoms with Crippen molar-refractivity contribution >= 4 is 5.97 Å². The first-order valence-corrected chi connectivity index (χ1v) is 5.00. The molecule has 1 atom stereocenters. The third kappa shape index (κ3) is 1.25. The molecule has 0 heterocycles. The summed E-state index contributed by atoms with van der Waals surface area (Å²) in [5.41, 5.74) is -0.217. The topological polar surface area (TPSA) is 37.3 Å². The fourth-order valence-corrected chi connectivity index (χ4v) is 2.22. The molecule has 16 heavy (non-hydrogen) atoms. The maximum absolute atomic E-state index is 13.3. The summed E-state index contributed by atoms with van der Waals surface area (Å²) in [5.74, 6) is -4.57. The molecular formula is C12H12F2O2. The second-order valence-electron chi connectivity index (χ2n) is 4.41. The summed E-state index contributed by atoms with van der Waals surface area (Å²) in [6, 6.07) is 4.90. The highest BCUT2D eigenvalue weighted by Crippen LogP contribution is 2.62. The highest BCUT2D eigenvalue weighted by Gasteiger charge is 2.77. The van der Waals surface area contributed by atoms with Gasteiger partial charge in [0.05, 0.1) is 0 Å². The highest BCUT2D eigenvalue weighted by atomic mass is 19.3. The van der Waals surface area contributed by atoms with Gasteiger partial charge in [-0.05, 0) is 25.0 Å². The maximum Gasteiger partial charge on any atom is 0.320 e. The Kier molecular flexibility index (Phi) is 2.09. The van der Waals surface area contributed by atoms with Crippen LogP contribution in [0.3, 0.4) is 0 Å². The van der Waals surface area contributed by atoms with Gasteiger partial charge in [-0.3, -0.25) is 4.79 Å². The largest absolute Gasteiger partial charge is 0.480 e. The Labute approximate surface area is 91.9 Å². The molecule has 1 N–H and O–H groups in total. The predicted octanol–water partition coefficient (Wildman–Crippen LogP) is 2.66. The van der Waals surface area contributed by atoms with E-state index in [1.165, 1.54) is 6.07 Å². The van der Waals surface area contributed by atoms with Crippen molar-refractivity contribution in [2.24, 2.45) is 0 Å². The van der Waals surface area contributed by atoms with Crippen LogP contribution >= 0.6 is 0 Å². The molecule has 1 fully saturated rings. The van der Waals surface area contributed by atoms with Gasteiger partial charge in [0.2, 0.25) is 0 Å². The molecule has 1 aliphatic carbocycles. The Morgan fingerprint density at radius 2 is 1.94 bits per heavy atom. The number of carbonyl (C=O) groups is 1. The van der Waals surface area contributed by atoms with E-state index in [0.717, 1.165) is 5.56 Å². The lowest BCUT2D eigenvalue weighted by Crippen LogP contribution is -2.28. The number of hydrogen-bond donors (Lipinski definition) is 1. The van der Waals surface area contributed by atoms with Crippen LogP contribution in [0.1, 0.15) is 23.1 Å². The third-order valence-electron chi connectivity index (χ3n) is 3.19. The van der Waals surface area contributed by atoms with Crippen molar-refractivity contribution in [3.63, 3.8) is 0 Å². The molecule has 0 spiro atoms. The van der Waals surface area contributed by atoms with E-state index < -0.39 is 23.7 Å². The van der Waals surface area contributed by atoms with E-state index in [4.69, 9.17) is 5.11 Å². The van der Waals surface area contributed by atoms with Gasteiger partial charge in [-0.15, -0.1) is 0 Å². The molecule has 4 heteroatoms. The van der Waals surface area contributed by atoms with Crippen LogP contribution in [0.25, 0.3) is 0 Å². The normalized spacial score (nSPS) is 26.5. The van der Waals surface area contributed by atoms with Gasteiger partial charge in [0.1, 0.15) is 0 Å². The van der Waals surface area contributed by atoms with Crippen molar-refractivity contribution in [1.82, 2.24) is 0 Å². The van der Waals surface area contributed by atoms with Crippen LogP contribution in [0, 0.1) is 13.8 Å². The molecule has 0 aromatic heterocycles. The average Bonchev–Trinajstić information content (AvgIpc) is 2.70. The SMILES string of the molecule is Cc1ccc(C2(C(=O)O)CC2(F)F)c(C)c1. The fraction of sp³-hybridized carbons (Fsp3) is 0.417. The fourth-order valence-electron chi connectivity index (χ4n) is 2.22. The molecule has 0 bridgehead atoms. The van der Waals surface area contributed by atoms with E-state index in [1.54, 1.807) is 19.1 Å². The number of rotatable bonds is 2. The Morgan fingerprint density at radius 1 is 1.38 bits per heavy atom. The van der Waals surface area contributed by atoms with E-state index in [0.29, 0.717) is 5.56 Å². The summed E-state index contributed by atoms with van der Waals surface area (Å²) >= 11 is 0. The summed E-state index contributed by atoms with van der Waals surface area (Å²) in [4.78, 5) is 11.1. The Hall–Kier alpha value is -1.45. The van der Waals surface area contributed by atoms with E-state index in [-0.39, 0.29) is 5.56 Å². The third-order valence-corrected chi connectivity index (χ3v) is 3.19. The van der Waals surface area contributed by atoms with Gasteiger partial charge < -0.3 is 5.11 Å². The molecule has 2 rings (SSSR count). The van der Waals surface area contributed by atoms with Crippen LogP contribution in [0.15, 0.2) is 18.2 Å². The summed E-state index contributed by atoms with van der Waals surface area (Å²) in [5, 5.41) is 9.01. The Balaban J connectivity index is 2.56. The van der Waals surface area contributed by atoms with Crippen molar-refractivity contribution in [3.05, 3.63) is 34.9 Å². The minimum absolute atomic E-state index is 0.232. The van der Waals surface area contributed by atoms with Crippen LogP contribution in [0.4, 0.5) is 8.78 Å². The Morgan fingerprint density at radius 3 is 2.31 bits per heavy atom. The molecule has 1 aromatic carbocycles. The van der Waals surface area contributed by atoms with Gasteiger partial charge >= 0.3 is 5.97 Å². The van der Waals surface area contributed by atoms with Crippen molar-refractivity contribution in [3.8, 4) is 0 Å². The molecule has 2 nitrogen and oxygen atoms in total. The zero-order valence-electron chi connectivity index (χ0n) is 9.05. The summed E-state index contributed by atoms with van der Waals surface area (Å²) in [6.45, 7) is 3.51. The Bertz CT molecular complexity index is 468. The van der Waals surface area contributed by atoms with Crippen LogP contribution in [0.5, 0.6) is 0 Å². The lowest BCUT2D eigenvalue weighted by atomic mass is 9.90. The van der Waals surface area contributed by atoms with Crippen molar-refractivity contribution in [1.29, 1.82) is 0 Å². The van der Waals surface area contributed by atoms with Gasteiger partial charge in [0.15, 0.2) is 5.41 Å². The average molecular weight is 226 g/mol. The van der Waals surface area contributed by atoms with E-state index in [1.807, 2.05) is 6.92 Å². The number of carboxylic acids is 1. The van der Waals surface area contributed by atoms with Crippen LogP contribution in [-0.2, 0) is 10.2 Å². The van der Waals surface area contributed by atoms with Crippen molar-refractivity contribution in [2.75, 3.05) is 0 Å². The smallest absolute Gasteiger partial charge is 0.320 e. The lowest BCUT2D eigenvalue weighted by Gasteiger charge is -2.15. The number of aryl methyl sites for hydroxylation is 2. The number of alkyl halides is 2. The molecule has 0 amide bonds. The standard InChI is InChI=1S/C12H12F2O2/c1-7-3-4-9(8(2)5-7)11(10(15)16)6-12(11,13)14/h3-5H,6H2,1-2H3,(H,15,16). The van der Waals surface area contributed by atoms with Crippen LogP contribution in [-0.4, -0.2) is 17.0 Å². The van der Waals surface area contributed by atoms with E-state index in [2.05, 4.69) is 0 Å². The predicted molar refractivity (Wildman–Crippen MR) is 54.8 cm³/mol. The van der Waals surface area contributed by atoms with Crippen molar-refractivity contribution in [2.45, 2.75) is 31.6 Å². The van der Waals surface area contributed by atoms with E-state index in [9.17, 15) is 13.6 Å². The number of halogens is 2. The van der Waals surface area contributed by atoms with Gasteiger partial charge in [-0.25, -0.2) is 8.78 Å². The molecular weight excluding hydrogens is 214 g/mol. The van der Waals surface area contributed by atoms with E-state index >= 15 is 0 Å². The minimum atomic E-state index is -3.13. The van der Waals surface area contributed by atoms with Gasteiger partial charge in [-0.1, -0.05) is 23.8 Å².